The molecule has 0 aliphatic heterocycles. The van der Waals surface area contributed by atoms with Gasteiger partial charge in [0.1, 0.15) is 12.4 Å². The van der Waals surface area contributed by atoms with E-state index < -0.39 is 16.8 Å². The van der Waals surface area contributed by atoms with Crippen LogP contribution in [0.25, 0.3) is 0 Å². The zero-order valence-electron chi connectivity index (χ0n) is 18.9. The lowest BCUT2D eigenvalue weighted by Crippen LogP contribution is -2.15. The summed E-state index contributed by atoms with van der Waals surface area (Å²) in [5.41, 5.74) is 1.39. The van der Waals surface area contributed by atoms with Gasteiger partial charge in [-0.1, -0.05) is 30.3 Å². The number of nitro benzene ring substituents is 1. The lowest BCUT2D eigenvalue weighted by molar-refractivity contribution is -0.386. The van der Waals surface area contributed by atoms with Crippen LogP contribution in [0.3, 0.4) is 0 Å². The molecule has 0 aromatic heterocycles. The minimum Gasteiger partial charge on any atom is -0.487 e. The van der Waals surface area contributed by atoms with Gasteiger partial charge in [0.25, 0.3) is 5.91 Å². The first-order valence-corrected chi connectivity index (χ1v) is 10.4. The molecule has 34 heavy (non-hydrogen) atoms. The number of ether oxygens (including phenoxy) is 3. The van der Waals surface area contributed by atoms with Gasteiger partial charge in [-0.2, -0.15) is 0 Å². The van der Waals surface area contributed by atoms with Crippen molar-refractivity contribution in [3.05, 3.63) is 93.5 Å². The summed E-state index contributed by atoms with van der Waals surface area (Å²) in [6.45, 7) is 3.67. The van der Waals surface area contributed by atoms with Crippen LogP contribution in [0.15, 0.2) is 66.7 Å². The summed E-state index contributed by atoms with van der Waals surface area (Å²) in [5.74, 6) is -0.818. The second-order valence-corrected chi connectivity index (χ2v) is 7.54. The van der Waals surface area contributed by atoms with E-state index in [1.54, 1.807) is 13.8 Å². The molecule has 0 atom stereocenters. The highest BCUT2D eigenvalue weighted by Crippen LogP contribution is 2.31. The van der Waals surface area contributed by atoms with E-state index >= 15 is 0 Å². The van der Waals surface area contributed by atoms with Crippen molar-refractivity contribution in [2.24, 2.45) is 0 Å². The first-order valence-electron chi connectivity index (χ1n) is 10.4. The summed E-state index contributed by atoms with van der Waals surface area (Å²) < 4.78 is 16.2. The molecule has 1 N–H and O–H groups in total. The van der Waals surface area contributed by atoms with Crippen molar-refractivity contribution in [1.29, 1.82) is 0 Å². The van der Waals surface area contributed by atoms with Crippen LogP contribution in [-0.2, 0) is 11.3 Å². The van der Waals surface area contributed by atoms with Crippen molar-refractivity contribution in [3.63, 3.8) is 0 Å². The molecule has 0 bridgehead atoms. The van der Waals surface area contributed by atoms with Crippen molar-refractivity contribution in [3.8, 4) is 11.5 Å². The normalized spacial score (nSPS) is 10.5. The number of carbonyl (C=O) groups is 2. The van der Waals surface area contributed by atoms with Gasteiger partial charge in [-0.05, 0) is 43.7 Å². The fourth-order valence-electron chi connectivity index (χ4n) is 3.07. The summed E-state index contributed by atoms with van der Waals surface area (Å²) in [7, 11) is 1.27. The fourth-order valence-corrected chi connectivity index (χ4v) is 3.07. The molecule has 0 fully saturated rings. The SMILES string of the molecule is COC(=O)c1ccc(NC(=O)c2ccc([N+](=O)[O-])c(OC(C)C)c2)c(OCc2ccccc2)c1. The molecule has 3 rings (SSSR count). The molecule has 9 nitrogen and oxygen atoms in total. The quantitative estimate of drug-likeness (QED) is 0.269. The van der Waals surface area contributed by atoms with Gasteiger partial charge in [0.05, 0.1) is 29.4 Å². The topological polar surface area (TPSA) is 117 Å². The molecule has 1 amide bonds. The molecule has 0 heterocycles. The molecule has 3 aromatic rings. The van der Waals surface area contributed by atoms with Gasteiger partial charge in [-0.15, -0.1) is 0 Å². The average Bonchev–Trinajstić information content (AvgIpc) is 2.82. The Kier molecular flexibility index (Phi) is 7.81. The Morgan fingerprint density at radius 1 is 0.971 bits per heavy atom. The number of amides is 1. The highest BCUT2D eigenvalue weighted by atomic mass is 16.6. The van der Waals surface area contributed by atoms with Crippen LogP contribution in [0.5, 0.6) is 11.5 Å². The predicted octanol–water partition coefficient (Wildman–Crippen LogP) is 5.00. The van der Waals surface area contributed by atoms with E-state index in [2.05, 4.69) is 5.32 Å². The van der Waals surface area contributed by atoms with Gasteiger partial charge in [0, 0.05) is 17.7 Å². The minimum atomic E-state index is -0.569. The molecule has 0 aliphatic carbocycles. The Labute approximate surface area is 196 Å². The van der Waals surface area contributed by atoms with E-state index in [0.29, 0.717) is 5.69 Å². The number of carbonyl (C=O) groups excluding carboxylic acids is 2. The van der Waals surface area contributed by atoms with Crippen LogP contribution in [0.2, 0.25) is 0 Å². The summed E-state index contributed by atoms with van der Waals surface area (Å²) in [4.78, 5) is 35.6. The van der Waals surface area contributed by atoms with E-state index in [1.807, 2.05) is 30.3 Å². The third-order valence-electron chi connectivity index (χ3n) is 4.67. The molecule has 3 aromatic carbocycles. The molecular weight excluding hydrogens is 440 g/mol. The number of benzene rings is 3. The van der Waals surface area contributed by atoms with Gasteiger partial charge >= 0.3 is 11.7 Å². The van der Waals surface area contributed by atoms with Crippen molar-refractivity contribution in [2.75, 3.05) is 12.4 Å². The number of anilines is 1. The van der Waals surface area contributed by atoms with E-state index in [1.165, 1.54) is 43.5 Å². The first kappa shape index (κ1) is 24.2. The van der Waals surface area contributed by atoms with Crippen LogP contribution in [0, 0.1) is 10.1 Å². The third-order valence-corrected chi connectivity index (χ3v) is 4.67. The Balaban J connectivity index is 1.89. The largest absolute Gasteiger partial charge is 0.487 e. The van der Waals surface area contributed by atoms with Crippen molar-refractivity contribution in [1.82, 2.24) is 0 Å². The van der Waals surface area contributed by atoms with Gasteiger partial charge < -0.3 is 19.5 Å². The van der Waals surface area contributed by atoms with E-state index in [0.717, 1.165) is 5.56 Å². The van der Waals surface area contributed by atoms with Crippen LogP contribution >= 0.6 is 0 Å². The Bertz CT molecular complexity index is 1190. The number of esters is 1. The van der Waals surface area contributed by atoms with Crippen LogP contribution in [0.1, 0.15) is 40.1 Å². The molecule has 0 radical (unpaired) electrons. The second-order valence-electron chi connectivity index (χ2n) is 7.54. The van der Waals surface area contributed by atoms with E-state index in [9.17, 15) is 19.7 Å². The maximum atomic E-state index is 13.0. The maximum absolute atomic E-state index is 13.0. The zero-order valence-corrected chi connectivity index (χ0v) is 18.9. The van der Waals surface area contributed by atoms with Crippen molar-refractivity contribution >= 4 is 23.3 Å². The lowest BCUT2D eigenvalue weighted by Gasteiger charge is -2.15. The second kappa shape index (κ2) is 11.0. The monoisotopic (exact) mass is 464 g/mol. The number of hydrogen-bond acceptors (Lipinski definition) is 7. The Morgan fingerprint density at radius 3 is 2.29 bits per heavy atom. The molecular formula is C25H24N2O7. The third kappa shape index (κ3) is 6.10. The van der Waals surface area contributed by atoms with Gasteiger partial charge in [0.2, 0.25) is 0 Å². The number of nitrogens with one attached hydrogen (secondary N) is 1. The fraction of sp³-hybridized carbons (Fsp3) is 0.200. The van der Waals surface area contributed by atoms with Crippen molar-refractivity contribution < 1.29 is 28.7 Å². The van der Waals surface area contributed by atoms with E-state index in [4.69, 9.17) is 14.2 Å². The summed E-state index contributed by atoms with van der Waals surface area (Å²) in [5, 5.41) is 14.0. The van der Waals surface area contributed by atoms with Crippen LogP contribution in [-0.4, -0.2) is 30.0 Å². The molecule has 0 spiro atoms. The molecule has 0 saturated carbocycles. The standard InChI is InChI=1S/C25H24N2O7/c1-16(2)34-23-13-18(10-12-21(23)27(30)31)24(28)26-20-11-9-19(25(29)32-3)14-22(20)33-15-17-7-5-4-6-8-17/h4-14,16H,15H2,1-3H3,(H,26,28). The van der Waals surface area contributed by atoms with E-state index in [-0.39, 0.29) is 41.0 Å². The number of rotatable bonds is 9. The average molecular weight is 464 g/mol. The van der Waals surface area contributed by atoms with Gasteiger partial charge in [-0.3, -0.25) is 14.9 Å². The van der Waals surface area contributed by atoms with Crippen LogP contribution < -0.4 is 14.8 Å². The molecule has 0 saturated heterocycles. The number of nitro groups is 1. The molecule has 176 valence electrons. The van der Waals surface area contributed by atoms with Crippen LogP contribution in [0.4, 0.5) is 11.4 Å². The zero-order chi connectivity index (χ0) is 24.7. The Morgan fingerprint density at radius 2 is 1.65 bits per heavy atom. The summed E-state index contributed by atoms with van der Waals surface area (Å²) in [6, 6.07) is 17.8. The Hall–Kier alpha value is -4.40. The number of methoxy groups -OCH3 is 1. The predicted molar refractivity (Wildman–Crippen MR) is 125 cm³/mol. The minimum absolute atomic E-state index is 0.00533. The number of nitrogens with zero attached hydrogens (tertiary/aromatic N) is 1. The summed E-state index contributed by atoms with van der Waals surface area (Å²) >= 11 is 0. The first-order chi connectivity index (χ1) is 16.3. The smallest absolute Gasteiger partial charge is 0.337 e. The highest BCUT2D eigenvalue weighted by Gasteiger charge is 2.20. The maximum Gasteiger partial charge on any atom is 0.337 e. The van der Waals surface area contributed by atoms with Gasteiger partial charge in [-0.25, -0.2) is 4.79 Å². The highest BCUT2D eigenvalue weighted by molar-refractivity contribution is 6.06. The lowest BCUT2D eigenvalue weighted by atomic mass is 10.1. The molecule has 0 unspecified atom stereocenters. The number of hydrogen-bond donors (Lipinski definition) is 1. The molecule has 0 aliphatic rings. The molecule has 9 heteroatoms. The van der Waals surface area contributed by atoms with Crippen molar-refractivity contribution in [2.45, 2.75) is 26.6 Å². The summed E-state index contributed by atoms with van der Waals surface area (Å²) in [6.07, 6.45) is -0.319. The van der Waals surface area contributed by atoms with Gasteiger partial charge in [0.15, 0.2) is 5.75 Å².